The van der Waals surface area contributed by atoms with Crippen LogP contribution in [0.15, 0.2) is 30.3 Å². The van der Waals surface area contributed by atoms with Gasteiger partial charge in [-0.3, -0.25) is 9.28 Å². The lowest BCUT2D eigenvalue weighted by atomic mass is 9.88. The van der Waals surface area contributed by atoms with Gasteiger partial charge < -0.3 is 14.0 Å². The molecule has 1 saturated heterocycles. The van der Waals surface area contributed by atoms with Gasteiger partial charge in [-0.15, -0.1) is 0 Å². The highest BCUT2D eigenvalue weighted by molar-refractivity contribution is 5.98. The number of ether oxygens (including phenoxy) is 2. The number of rotatable bonds is 5. The number of carbonyl (C=O) groups is 1. The molecule has 3 unspecified atom stereocenters. The third kappa shape index (κ3) is 3.19. The Labute approximate surface area is 202 Å². The summed E-state index contributed by atoms with van der Waals surface area (Å²) in [5, 5.41) is 0. The Kier molecular flexibility index (Phi) is 5.33. The Morgan fingerprint density at radius 2 is 1.86 bits per heavy atom. The Morgan fingerprint density at radius 3 is 2.51 bits per heavy atom. The van der Waals surface area contributed by atoms with E-state index in [2.05, 4.69) is 0 Å². The van der Waals surface area contributed by atoms with Gasteiger partial charge in [-0.05, 0) is 57.0 Å². The van der Waals surface area contributed by atoms with E-state index < -0.39 is 29.1 Å². The number of alkyl halides is 4. The largest absolute Gasteiger partial charge is 0.493 e. The summed E-state index contributed by atoms with van der Waals surface area (Å²) in [6, 6.07) is 7.56. The number of ketones is 1. The first-order valence-electron chi connectivity index (χ1n) is 12.1. The zero-order valence-electron chi connectivity index (χ0n) is 20.4. The van der Waals surface area contributed by atoms with E-state index in [-0.39, 0.29) is 29.3 Å². The van der Waals surface area contributed by atoms with Crippen molar-refractivity contribution in [1.29, 1.82) is 0 Å². The van der Waals surface area contributed by atoms with E-state index in [4.69, 9.17) is 9.47 Å². The summed E-state index contributed by atoms with van der Waals surface area (Å²) in [7, 11) is 3.32. The van der Waals surface area contributed by atoms with Gasteiger partial charge in [-0.2, -0.15) is 17.6 Å². The summed E-state index contributed by atoms with van der Waals surface area (Å²) < 4.78 is 69.8. The average molecular weight is 496 g/mol. The Balaban J connectivity index is 1.43. The number of hydrogen-bond acceptors (Lipinski definition) is 3. The second kappa shape index (κ2) is 7.72. The first kappa shape index (κ1) is 24.2. The maximum atomic E-state index is 16.6. The number of halogens is 4. The topological polar surface area (TPSA) is 40.5 Å². The lowest BCUT2D eigenvalue weighted by molar-refractivity contribution is -0.853. The van der Waals surface area contributed by atoms with Crippen LogP contribution in [-0.2, 0) is 18.3 Å². The van der Waals surface area contributed by atoms with Crippen LogP contribution < -0.4 is 9.47 Å². The van der Waals surface area contributed by atoms with Crippen LogP contribution in [0.4, 0.5) is 17.6 Å². The van der Waals surface area contributed by atoms with Crippen molar-refractivity contribution in [2.45, 2.75) is 69.7 Å². The van der Waals surface area contributed by atoms with E-state index in [1.807, 2.05) is 20.9 Å². The second-order valence-electron chi connectivity index (χ2n) is 10.5. The van der Waals surface area contributed by atoms with Gasteiger partial charge in [-0.25, -0.2) is 0 Å². The number of carbonyl (C=O) groups excluding carboxylic acids is 1. The molecule has 190 valence electrons. The molecule has 35 heavy (non-hydrogen) atoms. The summed E-state index contributed by atoms with van der Waals surface area (Å²) in [4.78, 5) is 13.4. The highest BCUT2D eigenvalue weighted by Gasteiger charge is 2.92. The van der Waals surface area contributed by atoms with Gasteiger partial charge in [0.1, 0.15) is 12.2 Å². The molecule has 3 heterocycles. The molecule has 9 heteroatoms. The van der Waals surface area contributed by atoms with Crippen molar-refractivity contribution >= 4 is 5.78 Å². The number of benzene rings is 1. The van der Waals surface area contributed by atoms with Crippen molar-refractivity contribution in [2.24, 2.45) is 5.92 Å². The SMILES string of the molecule is COc1cc(C(=O)C2CCC3(F)[C@]4(CC2)c2ccc(C(F)(F)F)n2CC[N+]34C)ccc1OC(C)C. The standard InChI is InChI=1S/C26H31F4N2O3/c1-16(2)35-19-6-5-18(15-20(19)34-4)23(33)17-9-11-24-21-7-8-22(26(28,29)30)31(21)13-14-32(24,3)25(24,27)12-10-17/h5-8,15-17H,9-14H2,1-4H3/q+1/t17?,24-,25?,32?/m0/s1. The van der Waals surface area contributed by atoms with E-state index in [1.165, 1.54) is 17.7 Å². The zero-order chi connectivity index (χ0) is 25.4. The monoisotopic (exact) mass is 495 g/mol. The number of Topliss-reactive ketones (excluding diaryl/α,β-unsaturated/α-hetero) is 1. The first-order chi connectivity index (χ1) is 16.4. The van der Waals surface area contributed by atoms with Crippen LogP contribution in [0.3, 0.4) is 0 Å². The Morgan fingerprint density at radius 1 is 1.14 bits per heavy atom. The number of quaternary nitrogens is 1. The Bertz CT molecular complexity index is 1180. The van der Waals surface area contributed by atoms with Gasteiger partial charge in [0.05, 0.1) is 32.5 Å². The van der Waals surface area contributed by atoms with Crippen molar-refractivity contribution in [3.63, 3.8) is 0 Å². The van der Waals surface area contributed by atoms with Gasteiger partial charge >= 0.3 is 12.0 Å². The number of nitrogens with zero attached hydrogens (tertiary/aromatic N) is 2. The van der Waals surface area contributed by atoms with E-state index in [0.29, 0.717) is 48.6 Å². The molecule has 5 rings (SSSR count). The van der Waals surface area contributed by atoms with Gasteiger partial charge in [0.15, 0.2) is 17.3 Å². The van der Waals surface area contributed by atoms with Crippen molar-refractivity contribution < 1.29 is 36.3 Å². The van der Waals surface area contributed by atoms with Crippen molar-refractivity contribution in [3.8, 4) is 11.5 Å². The van der Waals surface area contributed by atoms with Crippen LogP contribution in [0.5, 0.6) is 11.5 Å². The minimum atomic E-state index is -4.49. The average Bonchev–Trinajstić information content (AvgIpc) is 3.03. The molecule has 5 nitrogen and oxygen atoms in total. The molecule has 1 aromatic carbocycles. The molecule has 2 aromatic rings. The molecule has 4 atom stereocenters. The summed E-state index contributed by atoms with van der Waals surface area (Å²) in [6.45, 7) is 4.23. The van der Waals surface area contributed by atoms with Crippen molar-refractivity contribution in [1.82, 2.24) is 4.57 Å². The van der Waals surface area contributed by atoms with Gasteiger partial charge in [0.25, 0.3) is 0 Å². The number of aromatic nitrogens is 1. The normalized spacial score (nSPS) is 31.7. The van der Waals surface area contributed by atoms with E-state index in [9.17, 15) is 18.0 Å². The molecule has 1 aliphatic carbocycles. The quantitative estimate of drug-likeness (QED) is 0.175. The molecule has 1 spiro atoms. The third-order valence-corrected chi connectivity index (χ3v) is 8.53. The molecule has 1 aromatic heterocycles. The second-order valence-corrected chi connectivity index (χ2v) is 10.5. The molecule has 2 fully saturated rings. The predicted octanol–water partition coefficient (Wildman–Crippen LogP) is 5.71. The number of hydrogen-bond donors (Lipinski definition) is 0. The molecule has 0 N–H and O–H groups in total. The zero-order valence-corrected chi connectivity index (χ0v) is 20.4. The smallest absolute Gasteiger partial charge is 0.431 e. The van der Waals surface area contributed by atoms with Crippen LogP contribution in [0.2, 0.25) is 0 Å². The first-order valence-corrected chi connectivity index (χ1v) is 12.1. The highest BCUT2D eigenvalue weighted by atomic mass is 19.4. The molecular weight excluding hydrogens is 464 g/mol. The molecule has 3 aliphatic rings. The van der Waals surface area contributed by atoms with Crippen LogP contribution in [0.1, 0.15) is 61.3 Å². The van der Waals surface area contributed by atoms with E-state index in [0.717, 1.165) is 6.07 Å². The fourth-order valence-electron chi connectivity index (χ4n) is 6.81. The van der Waals surface area contributed by atoms with Gasteiger partial charge in [0.2, 0.25) is 5.54 Å². The summed E-state index contributed by atoms with van der Waals surface area (Å²) >= 11 is 0. The fourth-order valence-corrected chi connectivity index (χ4v) is 6.81. The van der Waals surface area contributed by atoms with E-state index in [1.54, 1.807) is 18.2 Å². The summed E-state index contributed by atoms with van der Waals surface area (Å²) in [6.07, 6.45) is -3.32. The predicted molar refractivity (Wildman–Crippen MR) is 121 cm³/mol. The Hall–Kier alpha value is -2.55. The number of fused-ring (bicyclic) bond motifs is 2. The minimum Gasteiger partial charge on any atom is -0.493 e. The van der Waals surface area contributed by atoms with Crippen molar-refractivity contribution in [2.75, 3.05) is 20.7 Å². The third-order valence-electron chi connectivity index (χ3n) is 8.53. The lowest BCUT2D eigenvalue weighted by Gasteiger charge is -2.30. The molecular formula is C26H31F4N2O3+. The molecule has 0 radical (unpaired) electrons. The fraction of sp³-hybridized carbons (Fsp3) is 0.577. The van der Waals surface area contributed by atoms with Gasteiger partial charge in [0, 0.05) is 24.3 Å². The van der Waals surface area contributed by atoms with Crippen LogP contribution in [0, 0.1) is 5.92 Å². The summed E-state index contributed by atoms with van der Waals surface area (Å²) in [5.41, 5.74) is -0.898. The van der Waals surface area contributed by atoms with Crippen LogP contribution >= 0.6 is 0 Å². The molecule has 0 bridgehead atoms. The maximum Gasteiger partial charge on any atom is 0.431 e. The minimum absolute atomic E-state index is 0.0567. The van der Waals surface area contributed by atoms with E-state index >= 15 is 4.39 Å². The molecule has 1 saturated carbocycles. The van der Waals surface area contributed by atoms with Crippen LogP contribution in [0.25, 0.3) is 0 Å². The summed E-state index contributed by atoms with van der Waals surface area (Å²) in [5.74, 6) is -1.19. The van der Waals surface area contributed by atoms with Gasteiger partial charge in [-0.1, -0.05) is 0 Å². The number of likely N-dealkylation sites (N-methyl/N-ethyl adjacent to an activating group) is 1. The van der Waals surface area contributed by atoms with Crippen molar-refractivity contribution in [3.05, 3.63) is 47.3 Å². The molecule has 0 amide bonds. The number of methoxy groups -OCH3 is 1. The maximum absolute atomic E-state index is 16.6. The lowest BCUT2D eigenvalue weighted by Crippen LogP contribution is -2.42. The highest BCUT2D eigenvalue weighted by Crippen LogP contribution is 2.73. The van der Waals surface area contributed by atoms with Crippen LogP contribution in [-0.4, -0.2) is 47.4 Å². The molecule has 2 aliphatic heterocycles.